The number of rotatable bonds is 4. The quantitative estimate of drug-likeness (QED) is 0.484. The first kappa shape index (κ1) is 12.7. The number of methoxy groups -OCH3 is 1. The Balaban J connectivity index is 2.84. The number of hydrogen-bond donors (Lipinski definition) is 0. The molecule has 1 rings (SSSR count). The summed E-state index contributed by atoms with van der Waals surface area (Å²) in [6.07, 6.45) is 1.60. The molecule has 1 aromatic rings. The van der Waals surface area contributed by atoms with Crippen LogP contribution in [0, 0.1) is 0 Å². The molecule has 5 heteroatoms. The minimum absolute atomic E-state index is 0.147. The van der Waals surface area contributed by atoms with Crippen molar-refractivity contribution in [1.82, 2.24) is 0 Å². The number of ketones is 1. The first-order chi connectivity index (χ1) is 7.06. The molecule has 0 heterocycles. The van der Waals surface area contributed by atoms with Crippen molar-refractivity contribution >= 4 is 32.9 Å². The number of carbonyl (C=O) groups excluding carboxylic acids is 1. The molecule has 0 aliphatic heterocycles. The highest BCUT2D eigenvalue weighted by Gasteiger charge is 2.16. The summed E-state index contributed by atoms with van der Waals surface area (Å²) in [4.78, 5) is 12.3. The summed E-state index contributed by atoms with van der Waals surface area (Å²) in [6, 6.07) is 6.65. The molecule has 0 saturated carbocycles. The van der Waals surface area contributed by atoms with E-state index in [1.54, 1.807) is 30.5 Å². The first-order valence-electron chi connectivity index (χ1n) is 4.21. The molecule has 0 amide bonds. The van der Waals surface area contributed by atoms with Crippen molar-refractivity contribution in [3.05, 3.63) is 29.8 Å². The van der Waals surface area contributed by atoms with Gasteiger partial charge in [0.05, 0.1) is 0 Å². The van der Waals surface area contributed by atoms with Gasteiger partial charge in [0.1, 0.15) is 6.26 Å². The molecule has 0 N–H and O–H groups in total. The molecule has 0 fully saturated rings. The van der Waals surface area contributed by atoms with Gasteiger partial charge >= 0.3 is 0 Å². The van der Waals surface area contributed by atoms with Crippen molar-refractivity contribution < 1.29 is 14.1 Å². The van der Waals surface area contributed by atoms with Crippen molar-refractivity contribution in [2.45, 2.75) is 9.91 Å². The number of hydrogen-bond acceptors (Lipinski definition) is 3. The van der Waals surface area contributed by atoms with Gasteiger partial charge in [-0.25, -0.2) is 0 Å². The number of halogens is 1. The molecule has 15 heavy (non-hydrogen) atoms. The van der Waals surface area contributed by atoms with Crippen molar-refractivity contribution in [3.63, 3.8) is 0 Å². The Morgan fingerprint density at radius 3 is 2.40 bits per heavy atom. The predicted molar refractivity (Wildman–Crippen MR) is 62.8 cm³/mol. The van der Waals surface area contributed by atoms with E-state index >= 15 is 0 Å². The van der Waals surface area contributed by atoms with Crippen LogP contribution in [0.3, 0.4) is 0 Å². The normalized spacial score (nSPS) is 14.7. The molecule has 0 bridgehead atoms. The van der Waals surface area contributed by atoms with Crippen LogP contribution in [-0.2, 0) is 15.9 Å². The summed E-state index contributed by atoms with van der Waals surface area (Å²) >= 11 is 2.08. The van der Waals surface area contributed by atoms with Crippen LogP contribution in [0.25, 0.3) is 0 Å². The van der Waals surface area contributed by atoms with Gasteiger partial charge < -0.3 is 9.29 Å². The Morgan fingerprint density at radius 1 is 1.47 bits per heavy atom. The molecule has 0 aliphatic carbocycles. The maximum absolute atomic E-state index is 11.6. The van der Waals surface area contributed by atoms with Gasteiger partial charge in [-0.05, 0) is 51.4 Å². The largest absolute Gasteiger partial charge is 0.612 e. The van der Waals surface area contributed by atoms with Crippen molar-refractivity contribution in [1.29, 1.82) is 0 Å². The Morgan fingerprint density at radius 2 is 2.00 bits per heavy atom. The number of ether oxygens (including phenoxy) is 1. The van der Waals surface area contributed by atoms with Gasteiger partial charge in [-0.2, -0.15) is 0 Å². The summed E-state index contributed by atoms with van der Waals surface area (Å²) in [5.41, 5.74) is 0.535. The second kappa shape index (κ2) is 5.65. The molecule has 2 atom stereocenters. The lowest BCUT2D eigenvalue weighted by molar-refractivity contribution is 0.0805. The maximum Gasteiger partial charge on any atom is 0.202 e. The molecular formula is C10H11BrO3S. The average Bonchev–Trinajstić information content (AvgIpc) is 2.27. The highest BCUT2D eigenvalue weighted by Crippen LogP contribution is 2.14. The SMILES string of the molecule is COC(Br)C(=O)c1ccc([S+](C)[O-])cc1. The van der Waals surface area contributed by atoms with Crippen molar-refractivity contribution in [2.24, 2.45) is 0 Å². The van der Waals surface area contributed by atoms with Gasteiger partial charge in [0.25, 0.3) is 0 Å². The highest BCUT2D eigenvalue weighted by molar-refractivity contribution is 9.09. The number of benzene rings is 1. The van der Waals surface area contributed by atoms with E-state index < -0.39 is 16.2 Å². The van der Waals surface area contributed by atoms with Gasteiger partial charge in [0.15, 0.2) is 9.91 Å². The molecule has 2 unspecified atom stereocenters. The molecule has 0 saturated heterocycles. The summed E-state index contributed by atoms with van der Waals surface area (Å²) < 4.78 is 16.0. The Bertz CT molecular complexity index is 337. The zero-order valence-electron chi connectivity index (χ0n) is 8.40. The Labute approximate surface area is 100 Å². The fourth-order valence-corrected chi connectivity index (χ4v) is 1.83. The van der Waals surface area contributed by atoms with E-state index in [0.717, 1.165) is 0 Å². The number of alkyl halides is 1. The second-order valence-electron chi connectivity index (χ2n) is 2.89. The van der Waals surface area contributed by atoms with E-state index in [4.69, 9.17) is 4.74 Å². The summed E-state index contributed by atoms with van der Waals surface area (Å²) in [6.45, 7) is 0. The zero-order chi connectivity index (χ0) is 11.4. The fourth-order valence-electron chi connectivity index (χ4n) is 1.05. The minimum atomic E-state index is -1.02. The second-order valence-corrected chi connectivity index (χ2v) is 5.11. The lowest BCUT2D eigenvalue weighted by Crippen LogP contribution is -2.15. The van der Waals surface area contributed by atoms with Gasteiger partial charge in [-0.3, -0.25) is 4.79 Å². The Hall–Kier alpha value is -0.360. The summed E-state index contributed by atoms with van der Waals surface area (Å²) in [5.74, 6) is -0.147. The maximum atomic E-state index is 11.6. The molecule has 1 aromatic carbocycles. The van der Waals surface area contributed by atoms with E-state index in [1.807, 2.05) is 0 Å². The number of carbonyl (C=O) groups is 1. The lowest BCUT2D eigenvalue weighted by Gasteiger charge is -2.07. The third-order valence-corrected chi connectivity index (χ3v) is 3.61. The molecule has 82 valence electrons. The van der Waals surface area contributed by atoms with Gasteiger partial charge in [0, 0.05) is 12.7 Å². The average molecular weight is 291 g/mol. The zero-order valence-corrected chi connectivity index (χ0v) is 10.8. The van der Waals surface area contributed by atoms with Crippen LogP contribution in [0.1, 0.15) is 10.4 Å². The first-order valence-corrected chi connectivity index (χ1v) is 6.68. The van der Waals surface area contributed by atoms with E-state index in [0.29, 0.717) is 10.5 Å². The van der Waals surface area contributed by atoms with Gasteiger partial charge in [-0.1, -0.05) is 0 Å². The van der Waals surface area contributed by atoms with Gasteiger partial charge in [-0.15, -0.1) is 0 Å². The van der Waals surface area contributed by atoms with Crippen LogP contribution >= 0.6 is 15.9 Å². The summed E-state index contributed by atoms with van der Waals surface area (Å²) in [7, 11) is 1.45. The lowest BCUT2D eigenvalue weighted by atomic mass is 10.1. The van der Waals surface area contributed by atoms with E-state index in [2.05, 4.69) is 15.9 Å². The molecule has 0 spiro atoms. The third kappa shape index (κ3) is 3.31. The van der Waals surface area contributed by atoms with Crippen molar-refractivity contribution in [3.8, 4) is 0 Å². The predicted octanol–water partition coefficient (Wildman–Crippen LogP) is 1.97. The molecular weight excluding hydrogens is 280 g/mol. The van der Waals surface area contributed by atoms with Crippen molar-refractivity contribution in [2.75, 3.05) is 13.4 Å². The topological polar surface area (TPSA) is 49.4 Å². The van der Waals surface area contributed by atoms with Crippen LogP contribution in [0.4, 0.5) is 0 Å². The van der Waals surface area contributed by atoms with Crippen LogP contribution in [0.15, 0.2) is 29.2 Å². The fraction of sp³-hybridized carbons (Fsp3) is 0.300. The van der Waals surface area contributed by atoms with Crippen LogP contribution < -0.4 is 0 Å². The van der Waals surface area contributed by atoms with Crippen LogP contribution in [-0.4, -0.2) is 28.7 Å². The van der Waals surface area contributed by atoms with E-state index in [9.17, 15) is 9.35 Å². The standard InChI is InChI=1S/C10H11BrO3S/c1-14-10(11)9(12)7-3-5-8(6-4-7)15(2)13/h3-6,10H,1-2H3. The van der Waals surface area contributed by atoms with E-state index in [1.165, 1.54) is 7.11 Å². The molecule has 3 nitrogen and oxygen atoms in total. The third-order valence-electron chi connectivity index (χ3n) is 1.88. The Kier molecular flexibility index (Phi) is 4.79. The summed E-state index contributed by atoms with van der Waals surface area (Å²) in [5, 5.41) is -0.629. The minimum Gasteiger partial charge on any atom is -0.612 e. The molecule has 0 radical (unpaired) electrons. The highest BCUT2D eigenvalue weighted by atomic mass is 79.9. The van der Waals surface area contributed by atoms with Crippen LogP contribution in [0.5, 0.6) is 0 Å². The monoisotopic (exact) mass is 290 g/mol. The van der Waals surface area contributed by atoms with Crippen LogP contribution in [0.2, 0.25) is 0 Å². The number of Topliss-reactive ketones (excluding diaryl/α,β-unsaturated/α-hetero) is 1. The van der Waals surface area contributed by atoms with E-state index in [-0.39, 0.29) is 5.78 Å². The van der Waals surface area contributed by atoms with Gasteiger partial charge in [0.2, 0.25) is 5.78 Å². The smallest absolute Gasteiger partial charge is 0.202 e. The molecule has 0 aromatic heterocycles. The molecule has 0 aliphatic rings.